The van der Waals surface area contributed by atoms with Crippen LogP contribution in [0.15, 0.2) is 34.7 Å². The Hall–Kier alpha value is -3.04. The maximum Gasteiger partial charge on any atom is 0.242 e. The van der Waals surface area contributed by atoms with Crippen LogP contribution in [0.1, 0.15) is 36.8 Å². The molecule has 0 atom stereocenters. The first kappa shape index (κ1) is 25.1. The molecule has 2 aliphatic rings. The van der Waals surface area contributed by atoms with E-state index < -0.39 is 0 Å². The number of fused-ring (bicyclic) bond motifs is 1. The third kappa shape index (κ3) is 6.99. The SMILES string of the molecule is CCCC(=O)N(CCN1CCOCC1)CC(=O)N(Cc1ccc2c(c1)OCO2)Cc1ccc(C)o1. The van der Waals surface area contributed by atoms with Crippen molar-refractivity contribution in [3.63, 3.8) is 0 Å². The van der Waals surface area contributed by atoms with Gasteiger partial charge in [-0.25, -0.2) is 0 Å². The summed E-state index contributed by atoms with van der Waals surface area (Å²) in [6.07, 6.45) is 1.17. The number of rotatable bonds is 11. The molecule has 1 saturated heterocycles. The van der Waals surface area contributed by atoms with Crippen LogP contribution in [0.25, 0.3) is 0 Å². The van der Waals surface area contributed by atoms with Gasteiger partial charge in [-0.2, -0.15) is 0 Å². The van der Waals surface area contributed by atoms with Gasteiger partial charge in [-0.05, 0) is 43.2 Å². The Labute approximate surface area is 206 Å². The first-order chi connectivity index (χ1) is 17.0. The molecule has 0 saturated carbocycles. The summed E-state index contributed by atoms with van der Waals surface area (Å²) in [6, 6.07) is 9.45. The minimum Gasteiger partial charge on any atom is -0.464 e. The van der Waals surface area contributed by atoms with Crippen molar-refractivity contribution < 1.29 is 28.2 Å². The van der Waals surface area contributed by atoms with Crippen LogP contribution in [0.2, 0.25) is 0 Å². The number of nitrogens with zero attached hydrogens (tertiary/aromatic N) is 3. The molecule has 9 nitrogen and oxygen atoms in total. The average Bonchev–Trinajstić information content (AvgIpc) is 3.50. The molecule has 3 heterocycles. The zero-order chi connectivity index (χ0) is 24.6. The zero-order valence-electron chi connectivity index (χ0n) is 20.7. The summed E-state index contributed by atoms with van der Waals surface area (Å²) in [5, 5.41) is 0. The van der Waals surface area contributed by atoms with Gasteiger partial charge < -0.3 is 28.4 Å². The van der Waals surface area contributed by atoms with Gasteiger partial charge in [0.2, 0.25) is 18.6 Å². The molecule has 0 radical (unpaired) electrons. The molecule has 2 aliphatic heterocycles. The van der Waals surface area contributed by atoms with E-state index in [0.29, 0.717) is 56.5 Å². The summed E-state index contributed by atoms with van der Waals surface area (Å²) in [7, 11) is 0. The van der Waals surface area contributed by atoms with Crippen molar-refractivity contribution in [3.8, 4) is 11.5 Å². The number of morpholine rings is 1. The Balaban J connectivity index is 1.47. The number of furan rings is 1. The predicted molar refractivity (Wildman–Crippen MR) is 129 cm³/mol. The normalized spacial score (nSPS) is 15.3. The number of aryl methyl sites for hydroxylation is 1. The minimum atomic E-state index is -0.122. The molecule has 0 N–H and O–H groups in total. The van der Waals surface area contributed by atoms with E-state index in [2.05, 4.69) is 4.90 Å². The fourth-order valence-corrected chi connectivity index (χ4v) is 4.26. The molecular weight excluding hydrogens is 450 g/mol. The fourth-order valence-electron chi connectivity index (χ4n) is 4.26. The van der Waals surface area contributed by atoms with Gasteiger partial charge in [0.1, 0.15) is 11.5 Å². The van der Waals surface area contributed by atoms with Crippen molar-refractivity contribution in [1.29, 1.82) is 0 Å². The Morgan fingerprint density at radius 2 is 1.77 bits per heavy atom. The van der Waals surface area contributed by atoms with Crippen LogP contribution in [-0.4, -0.2) is 79.2 Å². The van der Waals surface area contributed by atoms with Crippen LogP contribution < -0.4 is 9.47 Å². The van der Waals surface area contributed by atoms with Crippen molar-refractivity contribution in [2.45, 2.75) is 39.8 Å². The van der Waals surface area contributed by atoms with Crippen LogP contribution in [0.3, 0.4) is 0 Å². The number of ether oxygens (including phenoxy) is 3. The van der Waals surface area contributed by atoms with Gasteiger partial charge >= 0.3 is 0 Å². The molecule has 0 unspecified atom stereocenters. The molecule has 2 aromatic rings. The van der Waals surface area contributed by atoms with Crippen molar-refractivity contribution in [1.82, 2.24) is 14.7 Å². The van der Waals surface area contributed by atoms with E-state index in [9.17, 15) is 9.59 Å². The van der Waals surface area contributed by atoms with Crippen molar-refractivity contribution in [3.05, 3.63) is 47.4 Å². The lowest BCUT2D eigenvalue weighted by Gasteiger charge is -2.31. The molecular formula is C26H35N3O6. The first-order valence-corrected chi connectivity index (χ1v) is 12.3. The van der Waals surface area contributed by atoms with E-state index in [1.807, 2.05) is 44.2 Å². The fraction of sp³-hybridized carbons (Fsp3) is 0.538. The van der Waals surface area contributed by atoms with Crippen LogP contribution in [-0.2, 0) is 27.4 Å². The first-order valence-electron chi connectivity index (χ1n) is 12.3. The minimum absolute atomic E-state index is 0.00554. The molecule has 35 heavy (non-hydrogen) atoms. The van der Waals surface area contributed by atoms with Gasteiger partial charge in [0.25, 0.3) is 0 Å². The molecule has 1 aromatic carbocycles. The van der Waals surface area contributed by atoms with Gasteiger partial charge in [-0.15, -0.1) is 0 Å². The number of hydrogen-bond acceptors (Lipinski definition) is 7. The van der Waals surface area contributed by atoms with Crippen molar-refractivity contribution in [2.75, 3.05) is 52.7 Å². The zero-order valence-corrected chi connectivity index (χ0v) is 20.7. The van der Waals surface area contributed by atoms with Gasteiger partial charge in [0, 0.05) is 39.1 Å². The Morgan fingerprint density at radius 3 is 2.51 bits per heavy atom. The third-order valence-corrected chi connectivity index (χ3v) is 6.24. The predicted octanol–water partition coefficient (Wildman–Crippen LogP) is 2.81. The number of hydrogen-bond donors (Lipinski definition) is 0. The summed E-state index contributed by atoms with van der Waals surface area (Å²) in [5.74, 6) is 2.76. The number of carbonyl (C=O) groups is 2. The lowest BCUT2D eigenvalue weighted by molar-refractivity contribution is -0.141. The van der Waals surface area contributed by atoms with Crippen molar-refractivity contribution >= 4 is 11.8 Å². The molecule has 0 spiro atoms. The maximum atomic E-state index is 13.6. The van der Waals surface area contributed by atoms with Crippen LogP contribution >= 0.6 is 0 Å². The average molecular weight is 486 g/mol. The topological polar surface area (TPSA) is 84.7 Å². The highest BCUT2D eigenvalue weighted by Gasteiger charge is 2.24. The highest BCUT2D eigenvalue weighted by Crippen LogP contribution is 2.33. The van der Waals surface area contributed by atoms with E-state index >= 15 is 0 Å². The van der Waals surface area contributed by atoms with E-state index in [0.717, 1.165) is 37.4 Å². The van der Waals surface area contributed by atoms with E-state index in [-0.39, 0.29) is 25.2 Å². The summed E-state index contributed by atoms with van der Waals surface area (Å²) < 4.78 is 22.1. The third-order valence-electron chi connectivity index (χ3n) is 6.24. The summed E-state index contributed by atoms with van der Waals surface area (Å²) in [4.78, 5) is 32.2. The highest BCUT2D eigenvalue weighted by molar-refractivity contribution is 5.84. The van der Waals surface area contributed by atoms with Gasteiger partial charge in [0.15, 0.2) is 11.5 Å². The molecule has 2 amide bonds. The molecule has 190 valence electrons. The van der Waals surface area contributed by atoms with Crippen molar-refractivity contribution in [2.24, 2.45) is 0 Å². The lowest BCUT2D eigenvalue weighted by atomic mass is 10.1. The van der Waals surface area contributed by atoms with E-state index in [1.165, 1.54) is 0 Å². The van der Waals surface area contributed by atoms with Gasteiger partial charge in [-0.1, -0.05) is 13.0 Å². The second kappa shape index (κ2) is 12.1. The van der Waals surface area contributed by atoms with Gasteiger partial charge in [-0.3, -0.25) is 14.5 Å². The Kier molecular flexibility index (Phi) is 8.65. The van der Waals surface area contributed by atoms with Crippen LogP contribution in [0.5, 0.6) is 11.5 Å². The second-order valence-electron chi connectivity index (χ2n) is 8.97. The molecule has 0 bridgehead atoms. The standard InChI is InChI=1S/C26H35N3O6/c1-3-4-25(30)28(10-9-27-11-13-32-14-12-27)18-26(31)29(17-22-7-5-20(2)35-22)16-21-6-8-23-24(15-21)34-19-33-23/h5-8,15H,3-4,9-14,16-19H2,1-2H3. The van der Waals surface area contributed by atoms with Crippen LogP contribution in [0, 0.1) is 6.92 Å². The lowest BCUT2D eigenvalue weighted by Crippen LogP contribution is -2.47. The summed E-state index contributed by atoms with van der Waals surface area (Å²) >= 11 is 0. The summed E-state index contributed by atoms with van der Waals surface area (Å²) in [6.45, 7) is 9.12. The van der Waals surface area contributed by atoms with E-state index in [1.54, 1.807) is 9.80 Å². The molecule has 1 fully saturated rings. The Morgan fingerprint density at radius 1 is 0.971 bits per heavy atom. The number of amides is 2. The largest absolute Gasteiger partial charge is 0.464 e. The van der Waals surface area contributed by atoms with Crippen LogP contribution in [0.4, 0.5) is 0 Å². The smallest absolute Gasteiger partial charge is 0.242 e. The van der Waals surface area contributed by atoms with Gasteiger partial charge in [0.05, 0.1) is 26.3 Å². The molecule has 9 heteroatoms. The quantitative estimate of drug-likeness (QED) is 0.484. The molecule has 4 rings (SSSR count). The number of benzene rings is 1. The van der Waals surface area contributed by atoms with E-state index in [4.69, 9.17) is 18.6 Å². The monoisotopic (exact) mass is 485 g/mol. The molecule has 1 aromatic heterocycles. The summed E-state index contributed by atoms with van der Waals surface area (Å²) in [5.41, 5.74) is 0.922. The molecule has 0 aliphatic carbocycles. The number of carbonyl (C=O) groups excluding carboxylic acids is 2. The highest BCUT2D eigenvalue weighted by atomic mass is 16.7. The maximum absolute atomic E-state index is 13.6. The Bertz CT molecular complexity index is 1000. The second-order valence-corrected chi connectivity index (χ2v) is 8.97.